The first-order chi connectivity index (χ1) is 5.77. The molecule has 3 heteroatoms. The van der Waals surface area contributed by atoms with Gasteiger partial charge in [0.05, 0.1) is 5.52 Å². The fourth-order valence-electron chi connectivity index (χ4n) is 1.10. The lowest BCUT2D eigenvalue weighted by Gasteiger charge is -1.97. The molecule has 60 valence electrons. The molecule has 0 amide bonds. The standard InChI is InChI=1S/C9H5ClFN/c10-9-5-7(11)6-3-1-2-4-8(6)12-9/h1-5H. The molecule has 0 aliphatic heterocycles. The van der Waals surface area contributed by atoms with E-state index in [1.165, 1.54) is 6.07 Å². The van der Waals surface area contributed by atoms with Gasteiger partial charge in [0.15, 0.2) is 0 Å². The maximum absolute atomic E-state index is 13.1. The molecule has 0 bridgehead atoms. The van der Waals surface area contributed by atoms with E-state index >= 15 is 0 Å². The highest BCUT2D eigenvalue weighted by Gasteiger charge is 2.01. The summed E-state index contributed by atoms with van der Waals surface area (Å²) in [6.45, 7) is 0. The first-order valence-electron chi connectivity index (χ1n) is 3.48. The van der Waals surface area contributed by atoms with Crippen LogP contribution in [0, 0.1) is 5.82 Å². The Bertz CT molecular complexity index is 428. The number of benzene rings is 1. The summed E-state index contributed by atoms with van der Waals surface area (Å²) in [5.41, 5.74) is 0.586. The van der Waals surface area contributed by atoms with E-state index in [4.69, 9.17) is 11.6 Å². The molecule has 0 fully saturated rings. The second-order valence-corrected chi connectivity index (χ2v) is 2.83. The monoisotopic (exact) mass is 181 g/mol. The lowest BCUT2D eigenvalue weighted by molar-refractivity contribution is 0.638. The van der Waals surface area contributed by atoms with Gasteiger partial charge in [-0.1, -0.05) is 23.7 Å². The van der Waals surface area contributed by atoms with E-state index in [0.717, 1.165) is 0 Å². The van der Waals surface area contributed by atoms with Crippen LogP contribution >= 0.6 is 11.6 Å². The summed E-state index contributed by atoms with van der Waals surface area (Å²) in [7, 11) is 0. The number of pyridine rings is 1. The molecule has 0 spiro atoms. The quantitative estimate of drug-likeness (QED) is 0.570. The van der Waals surface area contributed by atoms with Crippen LogP contribution in [0.5, 0.6) is 0 Å². The molecule has 1 nitrogen and oxygen atoms in total. The van der Waals surface area contributed by atoms with Crippen molar-refractivity contribution in [3.05, 3.63) is 41.3 Å². The summed E-state index contributed by atoms with van der Waals surface area (Å²) in [5.74, 6) is -0.328. The number of rotatable bonds is 0. The summed E-state index contributed by atoms with van der Waals surface area (Å²) >= 11 is 5.57. The first-order valence-corrected chi connectivity index (χ1v) is 3.86. The molecule has 12 heavy (non-hydrogen) atoms. The number of para-hydroxylation sites is 1. The Balaban J connectivity index is 2.89. The van der Waals surface area contributed by atoms with Gasteiger partial charge in [-0.3, -0.25) is 0 Å². The van der Waals surface area contributed by atoms with Gasteiger partial charge in [-0.05, 0) is 12.1 Å². The van der Waals surface area contributed by atoms with Crippen molar-refractivity contribution in [1.29, 1.82) is 0 Å². The van der Waals surface area contributed by atoms with Crippen molar-refractivity contribution >= 4 is 22.5 Å². The van der Waals surface area contributed by atoms with Crippen molar-refractivity contribution in [1.82, 2.24) is 4.98 Å². The van der Waals surface area contributed by atoms with Gasteiger partial charge in [-0.25, -0.2) is 9.37 Å². The van der Waals surface area contributed by atoms with Gasteiger partial charge >= 0.3 is 0 Å². The summed E-state index contributed by atoms with van der Waals surface area (Å²) < 4.78 is 13.1. The van der Waals surface area contributed by atoms with Crippen molar-refractivity contribution < 1.29 is 4.39 Å². The van der Waals surface area contributed by atoms with Gasteiger partial charge in [0.1, 0.15) is 11.0 Å². The van der Waals surface area contributed by atoms with Gasteiger partial charge in [-0.2, -0.15) is 0 Å². The number of hydrogen-bond acceptors (Lipinski definition) is 1. The second kappa shape index (κ2) is 2.72. The van der Waals surface area contributed by atoms with Crippen LogP contribution in [0.2, 0.25) is 5.15 Å². The highest BCUT2D eigenvalue weighted by Crippen LogP contribution is 2.18. The van der Waals surface area contributed by atoms with Crippen LogP contribution in [0.4, 0.5) is 4.39 Å². The van der Waals surface area contributed by atoms with Crippen LogP contribution in [0.3, 0.4) is 0 Å². The summed E-state index contributed by atoms with van der Waals surface area (Å²) in [6.07, 6.45) is 0. The smallest absolute Gasteiger partial charge is 0.135 e. The highest BCUT2D eigenvalue weighted by atomic mass is 35.5. The molecule has 1 aromatic heterocycles. The van der Waals surface area contributed by atoms with Gasteiger partial charge in [0.2, 0.25) is 0 Å². The third-order valence-electron chi connectivity index (χ3n) is 1.63. The minimum atomic E-state index is -0.328. The zero-order valence-corrected chi connectivity index (χ0v) is 6.85. The van der Waals surface area contributed by atoms with Crippen LogP contribution in [0.25, 0.3) is 10.9 Å². The molecule has 1 aromatic carbocycles. The summed E-state index contributed by atoms with van der Waals surface area (Å²) in [4.78, 5) is 3.96. The van der Waals surface area contributed by atoms with Crippen LogP contribution in [-0.2, 0) is 0 Å². The van der Waals surface area contributed by atoms with Crippen molar-refractivity contribution in [3.63, 3.8) is 0 Å². The van der Waals surface area contributed by atoms with E-state index in [9.17, 15) is 4.39 Å². The Kier molecular flexibility index (Phi) is 1.70. The van der Waals surface area contributed by atoms with E-state index in [2.05, 4.69) is 4.98 Å². The fourth-order valence-corrected chi connectivity index (χ4v) is 1.29. The first kappa shape index (κ1) is 7.50. The van der Waals surface area contributed by atoms with Gasteiger partial charge < -0.3 is 0 Å². The minimum absolute atomic E-state index is 0.186. The lowest BCUT2D eigenvalue weighted by atomic mass is 10.2. The average Bonchev–Trinajstić information content (AvgIpc) is 2.04. The van der Waals surface area contributed by atoms with E-state index in [0.29, 0.717) is 10.9 Å². The molecule has 2 rings (SSSR count). The Labute approximate surface area is 73.8 Å². The molecular formula is C9H5ClFN. The molecule has 0 atom stereocenters. The van der Waals surface area contributed by atoms with Crippen LogP contribution in [0.1, 0.15) is 0 Å². The maximum Gasteiger partial charge on any atom is 0.135 e. The number of hydrogen-bond donors (Lipinski definition) is 0. The molecule has 0 aliphatic rings. The molecule has 1 heterocycles. The molecular weight excluding hydrogens is 177 g/mol. The van der Waals surface area contributed by atoms with Gasteiger partial charge in [0, 0.05) is 11.5 Å². The SMILES string of the molecule is Fc1cc(Cl)nc2ccccc12. The summed E-state index contributed by atoms with van der Waals surface area (Å²) in [5, 5.41) is 0.688. The van der Waals surface area contributed by atoms with Crippen LogP contribution in [-0.4, -0.2) is 4.98 Å². The van der Waals surface area contributed by atoms with Crippen molar-refractivity contribution in [3.8, 4) is 0 Å². The van der Waals surface area contributed by atoms with Gasteiger partial charge in [0.25, 0.3) is 0 Å². The lowest BCUT2D eigenvalue weighted by Crippen LogP contribution is -1.83. The van der Waals surface area contributed by atoms with Crippen molar-refractivity contribution in [2.24, 2.45) is 0 Å². The zero-order valence-electron chi connectivity index (χ0n) is 6.09. The van der Waals surface area contributed by atoms with E-state index in [1.807, 2.05) is 0 Å². The third-order valence-corrected chi connectivity index (χ3v) is 1.83. The Hall–Kier alpha value is -1.15. The number of nitrogens with zero attached hydrogens (tertiary/aromatic N) is 1. The fraction of sp³-hybridized carbons (Fsp3) is 0. The Morgan fingerprint density at radius 1 is 1.25 bits per heavy atom. The molecule has 0 saturated heterocycles. The predicted molar refractivity (Wildman–Crippen MR) is 46.7 cm³/mol. The zero-order chi connectivity index (χ0) is 8.55. The molecule has 0 saturated carbocycles. The number of fused-ring (bicyclic) bond motifs is 1. The molecule has 0 radical (unpaired) electrons. The van der Waals surface area contributed by atoms with E-state index < -0.39 is 0 Å². The minimum Gasteiger partial charge on any atom is -0.236 e. The predicted octanol–water partition coefficient (Wildman–Crippen LogP) is 3.03. The highest BCUT2D eigenvalue weighted by molar-refractivity contribution is 6.29. The van der Waals surface area contributed by atoms with Crippen molar-refractivity contribution in [2.75, 3.05) is 0 Å². The third kappa shape index (κ3) is 1.14. The van der Waals surface area contributed by atoms with Crippen LogP contribution in [0.15, 0.2) is 30.3 Å². The Morgan fingerprint density at radius 3 is 2.83 bits per heavy atom. The Morgan fingerprint density at radius 2 is 2.00 bits per heavy atom. The van der Waals surface area contributed by atoms with Gasteiger partial charge in [-0.15, -0.1) is 0 Å². The maximum atomic E-state index is 13.1. The number of aromatic nitrogens is 1. The average molecular weight is 182 g/mol. The molecule has 0 N–H and O–H groups in total. The number of halogens is 2. The van der Waals surface area contributed by atoms with E-state index in [1.54, 1.807) is 24.3 Å². The van der Waals surface area contributed by atoms with Crippen molar-refractivity contribution in [2.45, 2.75) is 0 Å². The largest absolute Gasteiger partial charge is 0.236 e. The van der Waals surface area contributed by atoms with Crippen LogP contribution < -0.4 is 0 Å². The normalized spacial score (nSPS) is 10.5. The molecule has 0 aliphatic carbocycles. The van der Waals surface area contributed by atoms with E-state index in [-0.39, 0.29) is 11.0 Å². The molecule has 2 aromatic rings. The summed E-state index contributed by atoms with van der Waals surface area (Å²) in [6, 6.07) is 8.17. The second-order valence-electron chi connectivity index (χ2n) is 2.44. The molecule has 0 unspecified atom stereocenters. The topological polar surface area (TPSA) is 12.9 Å².